The zero-order valence-electron chi connectivity index (χ0n) is 10.4. The number of nitrogens with two attached hydrogens (primary N) is 1. The van der Waals surface area contributed by atoms with Gasteiger partial charge in [0.05, 0.1) is 5.75 Å². The van der Waals surface area contributed by atoms with Crippen LogP contribution in [0.25, 0.3) is 0 Å². The van der Waals surface area contributed by atoms with Crippen LogP contribution in [0, 0.1) is 0 Å². The smallest absolute Gasteiger partial charge is 0.321 e. The van der Waals surface area contributed by atoms with Crippen molar-refractivity contribution >= 4 is 35.0 Å². The fourth-order valence-electron chi connectivity index (χ4n) is 1.90. The van der Waals surface area contributed by atoms with Crippen LogP contribution in [0.15, 0.2) is 11.4 Å². The molecule has 1 aliphatic rings. The summed E-state index contributed by atoms with van der Waals surface area (Å²) in [5.41, 5.74) is 6.62. The maximum absolute atomic E-state index is 12.0. The van der Waals surface area contributed by atoms with Crippen LogP contribution in [0.4, 0.5) is 0 Å². The minimum Gasteiger partial charge on any atom is -0.480 e. The molecule has 5 nitrogen and oxygen atoms in total. The number of carbonyl (C=O) groups is 2. The van der Waals surface area contributed by atoms with E-state index < -0.39 is 12.0 Å². The van der Waals surface area contributed by atoms with Crippen molar-refractivity contribution in [1.29, 1.82) is 0 Å². The third-order valence-electron chi connectivity index (χ3n) is 3.00. The molecular formula is C12H16N2O3S2. The van der Waals surface area contributed by atoms with Crippen molar-refractivity contribution in [1.82, 2.24) is 4.90 Å². The lowest BCUT2D eigenvalue weighted by molar-refractivity contribution is -0.138. The molecule has 1 aliphatic heterocycles. The average molecular weight is 300 g/mol. The van der Waals surface area contributed by atoms with Gasteiger partial charge in [-0.1, -0.05) is 0 Å². The van der Waals surface area contributed by atoms with E-state index in [1.54, 1.807) is 11.3 Å². The second-order valence-electron chi connectivity index (χ2n) is 4.39. The zero-order chi connectivity index (χ0) is 13.8. The maximum Gasteiger partial charge on any atom is 0.321 e. The molecule has 0 radical (unpaired) electrons. The molecule has 0 aliphatic carbocycles. The van der Waals surface area contributed by atoms with Gasteiger partial charge >= 0.3 is 5.97 Å². The highest BCUT2D eigenvalue weighted by atomic mass is 32.2. The molecule has 0 saturated carbocycles. The molecule has 104 valence electrons. The van der Waals surface area contributed by atoms with Crippen LogP contribution in [0.1, 0.15) is 10.4 Å². The Hall–Kier alpha value is -1.05. The van der Waals surface area contributed by atoms with Gasteiger partial charge in [-0.05, 0) is 23.4 Å². The lowest BCUT2D eigenvalue weighted by atomic mass is 10.1. The van der Waals surface area contributed by atoms with Crippen LogP contribution in [-0.4, -0.2) is 46.0 Å². The van der Waals surface area contributed by atoms with Crippen LogP contribution < -0.4 is 5.73 Å². The first kappa shape index (κ1) is 14.4. The van der Waals surface area contributed by atoms with E-state index in [9.17, 15) is 9.59 Å². The Balaban J connectivity index is 1.77. The average Bonchev–Trinajstić information content (AvgIpc) is 2.85. The maximum atomic E-state index is 12.0. The molecule has 0 saturated heterocycles. The van der Waals surface area contributed by atoms with Gasteiger partial charge < -0.3 is 15.7 Å². The molecular weight excluding hydrogens is 284 g/mol. The van der Waals surface area contributed by atoms with Gasteiger partial charge in [-0.15, -0.1) is 23.1 Å². The van der Waals surface area contributed by atoms with Crippen molar-refractivity contribution in [3.05, 3.63) is 21.9 Å². The van der Waals surface area contributed by atoms with Gasteiger partial charge in [0, 0.05) is 23.7 Å². The van der Waals surface area contributed by atoms with Gasteiger partial charge in [-0.3, -0.25) is 9.59 Å². The van der Waals surface area contributed by atoms with Gasteiger partial charge in [-0.25, -0.2) is 0 Å². The summed E-state index contributed by atoms with van der Waals surface area (Å²) in [6.45, 7) is 1.42. The summed E-state index contributed by atoms with van der Waals surface area (Å²) in [6.07, 6.45) is 0.915. The third kappa shape index (κ3) is 3.71. The van der Waals surface area contributed by atoms with E-state index in [0.29, 0.717) is 12.3 Å². The number of rotatable bonds is 5. The number of nitrogens with zero attached hydrogens (tertiary/aromatic N) is 1. The Kier molecular flexibility index (Phi) is 4.84. The largest absolute Gasteiger partial charge is 0.480 e. The summed E-state index contributed by atoms with van der Waals surface area (Å²) in [4.78, 5) is 25.7. The van der Waals surface area contributed by atoms with Crippen LogP contribution >= 0.6 is 23.1 Å². The summed E-state index contributed by atoms with van der Waals surface area (Å²) in [7, 11) is 0. The molecule has 3 N–H and O–H groups in total. The molecule has 0 spiro atoms. The number of thiophene rings is 1. The van der Waals surface area contributed by atoms with Crippen molar-refractivity contribution in [2.24, 2.45) is 5.73 Å². The van der Waals surface area contributed by atoms with E-state index in [1.807, 2.05) is 4.90 Å². The summed E-state index contributed by atoms with van der Waals surface area (Å²) >= 11 is 3.02. The molecule has 2 heterocycles. The molecule has 1 amide bonds. The number of hydrogen-bond donors (Lipinski definition) is 2. The number of carboxylic acids is 1. The van der Waals surface area contributed by atoms with E-state index >= 15 is 0 Å². The molecule has 19 heavy (non-hydrogen) atoms. The molecule has 0 fully saturated rings. The molecule has 0 bridgehead atoms. The number of hydrogen-bond acceptors (Lipinski definition) is 5. The number of aliphatic carboxylic acids is 1. The van der Waals surface area contributed by atoms with Gasteiger partial charge in [0.15, 0.2) is 0 Å². The lowest BCUT2D eigenvalue weighted by Gasteiger charge is -2.27. The highest BCUT2D eigenvalue weighted by molar-refractivity contribution is 8.00. The molecule has 1 aromatic heterocycles. The molecule has 0 unspecified atom stereocenters. The number of amides is 1. The van der Waals surface area contributed by atoms with E-state index in [2.05, 4.69) is 11.4 Å². The highest BCUT2D eigenvalue weighted by Crippen LogP contribution is 2.24. The summed E-state index contributed by atoms with van der Waals surface area (Å²) in [6, 6.07) is 1.16. The number of thioether (sulfide) groups is 1. The predicted molar refractivity (Wildman–Crippen MR) is 76.4 cm³/mol. The molecule has 0 aromatic carbocycles. The Morgan fingerprint density at radius 3 is 3.11 bits per heavy atom. The minimum absolute atomic E-state index is 0.0550. The molecule has 1 aromatic rings. The van der Waals surface area contributed by atoms with E-state index in [1.165, 1.54) is 22.2 Å². The second-order valence-corrected chi connectivity index (χ2v) is 6.43. The Morgan fingerprint density at radius 1 is 1.58 bits per heavy atom. The van der Waals surface area contributed by atoms with Crippen LogP contribution in [0.5, 0.6) is 0 Å². The van der Waals surface area contributed by atoms with E-state index in [4.69, 9.17) is 10.8 Å². The fourth-order valence-corrected chi connectivity index (χ4v) is 3.66. The second kappa shape index (κ2) is 6.40. The van der Waals surface area contributed by atoms with E-state index in [0.717, 1.165) is 13.0 Å². The summed E-state index contributed by atoms with van der Waals surface area (Å²) < 4.78 is 0. The summed E-state index contributed by atoms with van der Waals surface area (Å²) in [5, 5.41) is 10.7. The van der Waals surface area contributed by atoms with Gasteiger partial charge in [-0.2, -0.15) is 0 Å². The number of fused-ring (bicyclic) bond motifs is 1. The van der Waals surface area contributed by atoms with Gasteiger partial charge in [0.2, 0.25) is 5.91 Å². The first-order valence-electron chi connectivity index (χ1n) is 5.97. The van der Waals surface area contributed by atoms with Crippen LogP contribution in [-0.2, 0) is 22.6 Å². The SMILES string of the molecule is N[C@H](CSCC(=O)N1CCc2sccc2C1)C(=O)O. The van der Waals surface area contributed by atoms with Crippen molar-refractivity contribution in [3.63, 3.8) is 0 Å². The first-order chi connectivity index (χ1) is 9.08. The van der Waals surface area contributed by atoms with Crippen molar-refractivity contribution in [2.75, 3.05) is 18.1 Å². The highest BCUT2D eigenvalue weighted by Gasteiger charge is 2.21. The lowest BCUT2D eigenvalue weighted by Crippen LogP contribution is -2.37. The Morgan fingerprint density at radius 2 is 2.37 bits per heavy atom. The number of carboxylic acid groups (broad SMARTS) is 1. The zero-order valence-corrected chi connectivity index (χ0v) is 12.0. The monoisotopic (exact) mass is 300 g/mol. The van der Waals surface area contributed by atoms with Crippen molar-refractivity contribution in [3.8, 4) is 0 Å². The third-order valence-corrected chi connectivity index (χ3v) is 5.07. The standard InChI is InChI=1S/C12H16N2O3S2/c13-9(12(16)17)6-18-7-11(15)14-3-1-10-8(5-14)2-4-19-10/h2,4,9H,1,3,5-7,13H2,(H,16,17)/t9-/m1/s1. The quantitative estimate of drug-likeness (QED) is 0.839. The molecule has 2 rings (SSSR count). The predicted octanol–water partition coefficient (Wildman–Crippen LogP) is 0.778. The normalized spacial score (nSPS) is 15.9. The first-order valence-corrected chi connectivity index (χ1v) is 8.00. The molecule has 1 atom stereocenters. The Bertz CT molecular complexity index is 475. The number of carbonyl (C=O) groups excluding carboxylic acids is 1. The Labute approximate surface area is 119 Å². The van der Waals surface area contributed by atoms with Crippen LogP contribution in [0.2, 0.25) is 0 Å². The van der Waals surface area contributed by atoms with Crippen molar-refractivity contribution < 1.29 is 14.7 Å². The fraction of sp³-hybridized carbons (Fsp3) is 0.500. The van der Waals surface area contributed by atoms with Crippen LogP contribution in [0.3, 0.4) is 0 Å². The summed E-state index contributed by atoms with van der Waals surface area (Å²) in [5.74, 6) is -0.417. The minimum atomic E-state index is -1.03. The van der Waals surface area contributed by atoms with Gasteiger partial charge in [0.25, 0.3) is 0 Å². The molecule has 7 heteroatoms. The van der Waals surface area contributed by atoms with E-state index in [-0.39, 0.29) is 11.7 Å². The van der Waals surface area contributed by atoms with Gasteiger partial charge in [0.1, 0.15) is 6.04 Å². The topological polar surface area (TPSA) is 83.6 Å². The van der Waals surface area contributed by atoms with Crippen molar-refractivity contribution in [2.45, 2.75) is 19.0 Å².